The normalized spacial score (nSPS) is 40.2. The quantitative estimate of drug-likeness (QED) is 0.663. The highest BCUT2D eigenvalue weighted by Gasteiger charge is 2.71. The first kappa shape index (κ1) is 22.6. The Bertz CT molecular complexity index is 970. The number of nitrogens with one attached hydrogen (secondary N) is 1. The van der Waals surface area contributed by atoms with Gasteiger partial charge < -0.3 is 4.74 Å². The van der Waals surface area contributed by atoms with E-state index in [1.165, 1.54) is 5.01 Å². The molecule has 1 aliphatic carbocycles. The highest BCUT2D eigenvalue weighted by molar-refractivity contribution is 5.95. The largest absolute Gasteiger partial charge is 0.416 e. The number of nitrogens with zero attached hydrogens (tertiary/aromatic N) is 1. The summed E-state index contributed by atoms with van der Waals surface area (Å²) in [6.45, 7) is 5.71. The summed E-state index contributed by atoms with van der Waals surface area (Å²) >= 11 is 0. The molecule has 0 aromatic heterocycles. The number of ether oxygens (including phenoxy) is 1. The summed E-state index contributed by atoms with van der Waals surface area (Å²) in [5, 5.41) is 1.18. The number of alkyl halides is 3. The first-order valence-electron chi connectivity index (χ1n) is 11.3. The fourth-order valence-corrected chi connectivity index (χ4v) is 6.16. The van der Waals surface area contributed by atoms with Crippen LogP contribution in [0.3, 0.4) is 0 Å². The van der Waals surface area contributed by atoms with Gasteiger partial charge in [-0.2, -0.15) is 13.2 Å². The molecule has 1 aromatic rings. The molecule has 10 heteroatoms. The highest BCUT2D eigenvalue weighted by atomic mass is 19.4. The van der Waals surface area contributed by atoms with Gasteiger partial charge in [0.1, 0.15) is 0 Å². The van der Waals surface area contributed by atoms with Gasteiger partial charge in [0.25, 0.3) is 5.91 Å². The minimum Gasteiger partial charge on any atom is -0.319 e. The number of rotatable bonds is 2. The van der Waals surface area contributed by atoms with Crippen molar-refractivity contribution in [2.75, 3.05) is 0 Å². The monoisotopic (exact) mass is 468 g/mol. The average Bonchev–Trinajstić information content (AvgIpc) is 3.00. The molecular formula is C23H27F3N2O5. The number of carbonyl (C=O) groups is 2. The summed E-state index contributed by atoms with van der Waals surface area (Å²) in [6, 6.07) is 3.85. The fraction of sp³-hybridized carbons (Fsp3) is 0.652. The van der Waals surface area contributed by atoms with Crippen molar-refractivity contribution in [2.45, 2.75) is 70.2 Å². The van der Waals surface area contributed by atoms with E-state index < -0.39 is 41.2 Å². The summed E-state index contributed by atoms with van der Waals surface area (Å²) in [5.74, 6) is -2.32. The van der Waals surface area contributed by atoms with Crippen LogP contribution in [0.15, 0.2) is 24.3 Å². The molecule has 1 unspecified atom stereocenters. The zero-order valence-corrected chi connectivity index (χ0v) is 18.6. The van der Waals surface area contributed by atoms with Gasteiger partial charge in [0.05, 0.1) is 5.56 Å². The van der Waals surface area contributed by atoms with Crippen LogP contribution in [0.25, 0.3) is 0 Å². The van der Waals surface area contributed by atoms with E-state index in [4.69, 9.17) is 14.5 Å². The number of benzene rings is 1. The molecule has 5 fully saturated rings. The Labute approximate surface area is 189 Å². The minimum absolute atomic E-state index is 0.00111. The SMILES string of the molecule is C[C@@H]1CC[C@H]2[C@@H](C)C(=O)N(NC(=O)c3ccc(C(F)(F)F)cc3)[C@@H]3OC4(C)CC[C@@H]1[C@@]23OO4. The molecule has 6 rings (SSSR count). The Balaban J connectivity index is 1.49. The Hall–Kier alpha value is -2.17. The fourth-order valence-electron chi connectivity index (χ4n) is 6.16. The number of halogens is 3. The van der Waals surface area contributed by atoms with Crippen LogP contribution in [0.2, 0.25) is 0 Å². The number of hydrogen-bond acceptors (Lipinski definition) is 5. The third-order valence-electron chi connectivity index (χ3n) is 7.96. The van der Waals surface area contributed by atoms with Crippen LogP contribution < -0.4 is 5.43 Å². The van der Waals surface area contributed by atoms with Crippen molar-refractivity contribution in [3.8, 4) is 0 Å². The van der Waals surface area contributed by atoms with E-state index in [1.807, 2.05) is 6.92 Å². The maximum Gasteiger partial charge on any atom is 0.416 e. The molecule has 5 aliphatic rings. The molecule has 0 radical (unpaired) electrons. The number of amides is 2. The smallest absolute Gasteiger partial charge is 0.319 e. The van der Waals surface area contributed by atoms with Gasteiger partial charge in [0.15, 0.2) is 11.8 Å². The summed E-state index contributed by atoms with van der Waals surface area (Å²) in [5.41, 5.74) is 0.811. The van der Waals surface area contributed by atoms with Gasteiger partial charge in [-0.25, -0.2) is 14.8 Å². The molecule has 1 aromatic carbocycles. The first-order valence-corrected chi connectivity index (χ1v) is 11.3. The van der Waals surface area contributed by atoms with Crippen LogP contribution in [0, 0.1) is 23.7 Å². The molecule has 2 bridgehead atoms. The Morgan fingerprint density at radius 1 is 1.09 bits per heavy atom. The molecule has 180 valence electrons. The summed E-state index contributed by atoms with van der Waals surface area (Å²) in [7, 11) is 0. The van der Waals surface area contributed by atoms with E-state index in [0.29, 0.717) is 12.3 Å². The van der Waals surface area contributed by atoms with Crippen molar-refractivity contribution < 1.29 is 37.3 Å². The van der Waals surface area contributed by atoms with Gasteiger partial charge in [-0.3, -0.25) is 15.0 Å². The van der Waals surface area contributed by atoms with Gasteiger partial charge in [-0.05, 0) is 62.3 Å². The van der Waals surface area contributed by atoms with E-state index in [0.717, 1.165) is 43.5 Å². The summed E-state index contributed by atoms with van der Waals surface area (Å²) in [4.78, 5) is 38.2. The van der Waals surface area contributed by atoms with Crippen LogP contribution >= 0.6 is 0 Å². The van der Waals surface area contributed by atoms with Crippen molar-refractivity contribution in [2.24, 2.45) is 23.7 Å². The van der Waals surface area contributed by atoms with Gasteiger partial charge >= 0.3 is 6.18 Å². The van der Waals surface area contributed by atoms with Gasteiger partial charge in [0.2, 0.25) is 11.7 Å². The molecule has 7 atom stereocenters. The Morgan fingerprint density at radius 2 is 1.79 bits per heavy atom. The predicted molar refractivity (Wildman–Crippen MR) is 108 cm³/mol. The maximum atomic E-state index is 13.4. The Kier molecular flexibility index (Phi) is 5.08. The number of hydrazine groups is 1. The van der Waals surface area contributed by atoms with Gasteiger partial charge in [-0.15, -0.1) is 0 Å². The molecule has 1 N–H and O–H groups in total. The van der Waals surface area contributed by atoms with Crippen LogP contribution in [0.5, 0.6) is 0 Å². The second-order valence-corrected chi connectivity index (χ2v) is 9.94. The summed E-state index contributed by atoms with van der Waals surface area (Å²) < 4.78 is 44.9. The zero-order chi connectivity index (χ0) is 23.8. The van der Waals surface area contributed by atoms with Crippen molar-refractivity contribution in [1.82, 2.24) is 10.4 Å². The molecule has 4 saturated heterocycles. The lowest BCUT2D eigenvalue weighted by Crippen LogP contribution is -2.77. The average molecular weight is 468 g/mol. The highest BCUT2D eigenvalue weighted by Crippen LogP contribution is 2.60. The number of piperidine rings is 1. The lowest BCUT2D eigenvalue weighted by atomic mass is 9.57. The first-order chi connectivity index (χ1) is 15.5. The Morgan fingerprint density at radius 3 is 2.45 bits per heavy atom. The van der Waals surface area contributed by atoms with E-state index in [2.05, 4.69) is 12.3 Å². The molecule has 2 amide bonds. The second-order valence-electron chi connectivity index (χ2n) is 9.94. The van der Waals surface area contributed by atoms with E-state index in [9.17, 15) is 22.8 Å². The standard InChI is InChI=1S/C23H27F3N2O5/c1-12-4-9-17-13(2)19(30)28(20-22(17)16(12)10-11-21(3,31-20)32-33-22)27-18(29)14-5-7-15(8-6-14)23(24,25)26/h5-8,12-13,16-17,20H,4,9-11H2,1-3H3,(H,27,29)/t12-,13-,16+,17+,20-,21?,22-/m1/s1. The van der Waals surface area contributed by atoms with Gasteiger partial charge in [-0.1, -0.05) is 13.8 Å². The molecule has 4 heterocycles. The molecule has 1 saturated carbocycles. The third kappa shape index (κ3) is 3.37. The van der Waals surface area contributed by atoms with Crippen LogP contribution in [-0.2, 0) is 25.5 Å². The van der Waals surface area contributed by atoms with Gasteiger partial charge in [0, 0.05) is 23.8 Å². The maximum absolute atomic E-state index is 13.4. The number of carbonyl (C=O) groups excluding carboxylic acids is 2. The van der Waals surface area contributed by atoms with E-state index in [-0.39, 0.29) is 23.3 Å². The minimum atomic E-state index is -4.51. The molecule has 4 aliphatic heterocycles. The topological polar surface area (TPSA) is 77.1 Å². The molecule has 7 nitrogen and oxygen atoms in total. The third-order valence-corrected chi connectivity index (χ3v) is 7.96. The van der Waals surface area contributed by atoms with E-state index in [1.54, 1.807) is 6.92 Å². The summed E-state index contributed by atoms with van der Waals surface area (Å²) in [6.07, 6.45) is -2.31. The second kappa shape index (κ2) is 7.41. The van der Waals surface area contributed by atoms with Crippen LogP contribution in [-0.4, -0.2) is 34.4 Å². The van der Waals surface area contributed by atoms with Crippen LogP contribution in [0.4, 0.5) is 13.2 Å². The molecular weight excluding hydrogens is 441 g/mol. The van der Waals surface area contributed by atoms with Crippen molar-refractivity contribution in [3.63, 3.8) is 0 Å². The molecule has 33 heavy (non-hydrogen) atoms. The zero-order valence-electron chi connectivity index (χ0n) is 18.6. The van der Waals surface area contributed by atoms with Crippen molar-refractivity contribution >= 4 is 11.8 Å². The van der Waals surface area contributed by atoms with Crippen molar-refractivity contribution in [1.29, 1.82) is 0 Å². The molecule has 1 spiro atoms. The lowest BCUT2D eigenvalue weighted by molar-refractivity contribution is -0.549. The number of hydrogen-bond donors (Lipinski definition) is 1. The van der Waals surface area contributed by atoms with Crippen molar-refractivity contribution in [3.05, 3.63) is 35.4 Å². The predicted octanol–water partition coefficient (Wildman–Crippen LogP) is 4.04. The van der Waals surface area contributed by atoms with E-state index >= 15 is 0 Å². The number of fused-ring (bicyclic) bond motifs is 2. The lowest BCUT2D eigenvalue weighted by Gasteiger charge is -2.61. The van der Waals surface area contributed by atoms with Crippen LogP contribution in [0.1, 0.15) is 62.4 Å².